The molecule has 1 N–H and O–H groups in total. The lowest BCUT2D eigenvalue weighted by Crippen LogP contribution is -2.34. The number of hydrogen-bond acceptors (Lipinski definition) is 2. The second kappa shape index (κ2) is 6.04. The molecular formula is C13H23N3. The van der Waals surface area contributed by atoms with Crippen molar-refractivity contribution in [1.82, 2.24) is 14.9 Å². The van der Waals surface area contributed by atoms with Gasteiger partial charge in [0.1, 0.15) is 0 Å². The van der Waals surface area contributed by atoms with E-state index in [-0.39, 0.29) is 0 Å². The Morgan fingerprint density at radius 3 is 3.19 bits per heavy atom. The van der Waals surface area contributed by atoms with Gasteiger partial charge in [-0.05, 0) is 38.6 Å². The molecule has 1 aromatic heterocycles. The zero-order chi connectivity index (χ0) is 11.2. The molecule has 16 heavy (non-hydrogen) atoms. The summed E-state index contributed by atoms with van der Waals surface area (Å²) >= 11 is 0. The number of aromatic nitrogens is 2. The van der Waals surface area contributed by atoms with Gasteiger partial charge in [-0.3, -0.25) is 0 Å². The van der Waals surface area contributed by atoms with Crippen LogP contribution in [0, 0.1) is 0 Å². The summed E-state index contributed by atoms with van der Waals surface area (Å²) < 4.78 is 2.29. The average Bonchev–Trinajstić information content (AvgIpc) is 2.76. The van der Waals surface area contributed by atoms with Crippen LogP contribution >= 0.6 is 0 Å². The Morgan fingerprint density at radius 2 is 2.44 bits per heavy atom. The SMILES string of the molecule is CCCn1cncc1CCC1CCCCN1. The van der Waals surface area contributed by atoms with Crippen LogP contribution in [-0.2, 0) is 13.0 Å². The summed E-state index contributed by atoms with van der Waals surface area (Å²) in [7, 11) is 0. The van der Waals surface area contributed by atoms with Crippen molar-refractivity contribution < 1.29 is 0 Å². The largest absolute Gasteiger partial charge is 0.335 e. The van der Waals surface area contributed by atoms with E-state index in [4.69, 9.17) is 0 Å². The average molecular weight is 221 g/mol. The van der Waals surface area contributed by atoms with Crippen molar-refractivity contribution in [2.75, 3.05) is 6.54 Å². The highest BCUT2D eigenvalue weighted by molar-refractivity contribution is 4.99. The van der Waals surface area contributed by atoms with E-state index in [2.05, 4.69) is 21.8 Å². The molecule has 0 radical (unpaired) electrons. The van der Waals surface area contributed by atoms with E-state index in [0.29, 0.717) is 0 Å². The second-order valence-corrected chi connectivity index (χ2v) is 4.76. The maximum Gasteiger partial charge on any atom is 0.0948 e. The molecule has 0 bridgehead atoms. The molecule has 1 aliphatic rings. The first kappa shape index (κ1) is 11.6. The van der Waals surface area contributed by atoms with Crippen LogP contribution in [0.25, 0.3) is 0 Å². The lowest BCUT2D eigenvalue weighted by molar-refractivity contribution is 0.380. The summed E-state index contributed by atoms with van der Waals surface area (Å²) in [5.41, 5.74) is 1.40. The lowest BCUT2D eigenvalue weighted by Gasteiger charge is -2.23. The molecule has 1 atom stereocenters. The molecule has 1 unspecified atom stereocenters. The van der Waals surface area contributed by atoms with Crippen LogP contribution in [0.15, 0.2) is 12.5 Å². The van der Waals surface area contributed by atoms with Gasteiger partial charge in [0.25, 0.3) is 0 Å². The number of aryl methyl sites for hydroxylation is 2. The summed E-state index contributed by atoms with van der Waals surface area (Å²) in [4.78, 5) is 4.25. The van der Waals surface area contributed by atoms with Crippen LogP contribution < -0.4 is 5.32 Å². The van der Waals surface area contributed by atoms with E-state index in [1.807, 2.05) is 12.5 Å². The second-order valence-electron chi connectivity index (χ2n) is 4.76. The minimum Gasteiger partial charge on any atom is -0.335 e. The van der Waals surface area contributed by atoms with Gasteiger partial charge in [0.15, 0.2) is 0 Å². The normalized spacial score (nSPS) is 21.2. The number of hydrogen-bond donors (Lipinski definition) is 1. The van der Waals surface area contributed by atoms with Gasteiger partial charge in [-0.1, -0.05) is 13.3 Å². The molecule has 0 saturated carbocycles. The molecular weight excluding hydrogens is 198 g/mol. The predicted octanol–water partition coefficient (Wildman–Crippen LogP) is 2.37. The maximum absolute atomic E-state index is 4.25. The van der Waals surface area contributed by atoms with Gasteiger partial charge in [0.2, 0.25) is 0 Å². The van der Waals surface area contributed by atoms with Crippen molar-refractivity contribution in [2.24, 2.45) is 0 Å². The number of piperidine rings is 1. The highest BCUT2D eigenvalue weighted by atomic mass is 15.0. The maximum atomic E-state index is 4.25. The van der Waals surface area contributed by atoms with Crippen molar-refractivity contribution in [3.05, 3.63) is 18.2 Å². The Morgan fingerprint density at radius 1 is 1.50 bits per heavy atom. The van der Waals surface area contributed by atoms with Gasteiger partial charge < -0.3 is 9.88 Å². The predicted molar refractivity (Wildman–Crippen MR) is 66.5 cm³/mol. The van der Waals surface area contributed by atoms with E-state index in [1.54, 1.807) is 0 Å². The first-order valence-corrected chi connectivity index (χ1v) is 6.62. The van der Waals surface area contributed by atoms with E-state index in [9.17, 15) is 0 Å². The zero-order valence-corrected chi connectivity index (χ0v) is 10.3. The quantitative estimate of drug-likeness (QED) is 0.827. The summed E-state index contributed by atoms with van der Waals surface area (Å²) in [6.45, 7) is 4.53. The van der Waals surface area contributed by atoms with Gasteiger partial charge in [0, 0.05) is 24.5 Å². The Balaban J connectivity index is 1.81. The Hall–Kier alpha value is -0.830. The smallest absolute Gasteiger partial charge is 0.0948 e. The fourth-order valence-corrected chi connectivity index (χ4v) is 2.49. The first-order chi connectivity index (χ1) is 7.90. The third-order valence-corrected chi connectivity index (χ3v) is 3.42. The van der Waals surface area contributed by atoms with Gasteiger partial charge in [-0.15, -0.1) is 0 Å². The Labute approximate surface area is 98.3 Å². The number of imidazole rings is 1. The van der Waals surface area contributed by atoms with Crippen LogP contribution in [0.3, 0.4) is 0 Å². The van der Waals surface area contributed by atoms with Crippen LogP contribution in [0.4, 0.5) is 0 Å². The molecule has 90 valence electrons. The number of nitrogens with one attached hydrogen (secondary N) is 1. The van der Waals surface area contributed by atoms with Gasteiger partial charge >= 0.3 is 0 Å². The molecule has 0 aromatic carbocycles. The van der Waals surface area contributed by atoms with Crippen molar-refractivity contribution in [2.45, 2.75) is 58.0 Å². The molecule has 2 heterocycles. The molecule has 3 heteroatoms. The Bertz CT molecular complexity index is 300. The third-order valence-electron chi connectivity index (χ3n) is 3.42. The highest BCUT2D eigenvalue weighted by Gasteiger charge is 2.13. The molecule has 1 aliphatic heterocycles. The summed E-state index contributed by atoms with van der Waals surface area (Å²) in [6.07, 6.45) is 11.7. The number of rotatable bonds is 5. The molecule has 1 saturated heterocycles. The summed E-state index contributed by atoms with van der Waals surface area (Å²) in [5.74, 6) is 0. The molecule has 0 aliphatic carbocycles. The van der Waals surface area contributed by atoms with E-state index in [0.717, 1.165) is 19.0 Å². The zero-order valence-electron chi connectivity index (χ0n) is 10.3. The van der Waals surface area contributed by atoms with E-state index in [1.165, 1.54) is 44.3 Å². The molecule has 3 nitrogen and oxygen atoms in total. The number of nitrogens with zero attached hydrogens (tertiary/aromatic N) is 2. The molecule has 1 fully saturated rings. The van der Waals surface area contributed by atoms with Crippen molar-refractivity contribution in [1.29, 1.82) is 0 Å². The van der Waals surface area contributed by atoms with Gasteiger partial charge in [-0.25, -0.2) is 4.98 Å². The van der Waals surface area contributed by atoms with Crippen molar-refractivity contribution in [3.8, 4) is 0 Å². The lowest BCUT2D eigenvalue weighted by atomic mass is 10.00. The fraction of sp³-hybridized carbons (Fsp3) is 0.769. The van der Waals surface area contributed by atoms with Gasteiger partial charge in [0.05, 0.1) is 6.33 Å². The Kier molecular flexibility index (Phi) is 4.40. The van der Waals surface area contributed by atoms with Crippen molar-refractivity contribution in [3.63, 3.8) is 0 Å². The topological polar surface area (TPSA) is 29.9 Å². The molecule has 0 amide bonds. The standard InChI is InChI=1S/C13H23N3/c1-2-9-16-11-14-10-13(16)7-6-12-5-3-4-8-15-12/h10-12,15H,2-9H2,1H3. The van der Waals surface area contributed by atoms with Crippen molar-refractivity contribution >= 4 is 0 Å². The van der Waals surface area contributed by atoms with Gasteiger partial charge in [-0.2, -0.15) is 0 Å². The first-order valence-electron chi connectivity index (χ1n) is 6.62. The summed E-state index contributed by atoms with van der Waals surface area (Å²) in [5, 5.41) is 3.60. The molecule has 2 rings (SSSR count). The highest BCUT2D eigenvalue weighted by Crippen LogP contribution is 2.13. The summed E-state index contributed by atoms with van der Waals surface area (Å²) in [6, 6.07) is 0.735. The van der Waals surface area contributed by atoms with E-state index >= 15 is 0 Å². The van der Waals surface area contributed by atoms with Crippen LogP contribution in [0.1, 0.15) is 44.7 Å². The molecule has 0 spiro atoms. The minimum atomic E-state index is 0.735. The van der Waals surface area contributed by atoms with Crippen LogP contribution in [0.2, 0.25) is 0 Å². The van der Waals surface area contributed by atoms with E-state index < -0.39 is 0 Å². The van der Waals surface area contributed by atoms with Crippen LogP contribution in [-0.4, -0.2) is 22.1 Å². The van der Waals surface area contributed by atoms with Crippen LogP contribution in [0.5, 0.6) is 0 Å². The minimum absolute atomic E-state index is 0.735. The monoisotopic (exact) mass is 221 g/mol. The molecule has 1 aromatic rings. The third kappa shape index (κ3) is 3.08. The fourth-order valence-electron chi connectivity index (χ4n) is 2.49.